The molecule has 3 aromatic rings. The van der Waals surface area contributed by atoms with Gasteiger partial charge >= 0.3 is 0 Å². The zero-order valence-corrected chi connectivity index (χ0v) is 15.9. The van der Waals surface area contributed by atoms with E-state index in [0.29, 0.717) is 18.8 Å². The summed E-state index contributed by atoms with van der Waals surface area (Å²) in [5, 5.41) is 2.92. The molecule has 0 aromatic carbocycles. The van der Waals surface area contributed by atoms with E-state index in [1.165, 1.54) is 6.07 Å². The molecule has 1 amide bonds. The number of amides is 1. The third-order valence-electron chi connectivity index (χ3n) is 4.81. The summed E-state index contributed by atoms with van der Waals surface area (Å²) in [5.41, 5.74) is 0.0692. The van der Waals surface area contributed by atoms with E-state index < -0.39 is 17.2 Å². The molecule has 0 atom stereocenters. The van der Waals surface area contributed by atoms with Crippen molar-refractivity contribution in [3.8, 4) is 0 Å². The molecule has 146 valence electrons. The zero-order chi connectivity index (χ0) is 20.1. The number of nitrogens with one attached hydrogen (secondary N) is 1. The molecule has 0 radical (unpaired) electrons. The smallest absolute Gasteiger partial charge is 0.227 e. The van der Waals surface area contributed by atoms with Crippen molar-refractivity contribution in [2.75, 3.05) is 18.0 Å². The van der Waals surface area contributed by atoms with Crippen molar-refractivity contribution < 1.29 is 13.6 Å². The molecule has 0 spiro atoms. The number of anilines is 1. The standard InChI is InChI=1S/C18H17ClF2N6O/c1-18(2,13-7-22-14-11(20)4-3-5-27(13)14)25-16(28)10-8-26(9-10)15-12(21)6-23-17(19)24-15/h3-7,10H,8-9H2,1-2H3,(H,25,28). The lowest BCUT2D eigenvalue weighted by atomic mass is 9.95. The first-order chi connectivity index (χ1) is 13.3. The zero-order valence-electron chi connectivity index (χ0n) is 15.2. The van der Waals surface area contributed by atoms with E-state index in [2.05, 4.69) is 20.3 Å². The third kappa shape index (κ3) is 3.15. The number of carbonyl (C=O) groups excluding carboxylic acids is 1. The van der Waals surface area contributed by atoms with Crippen molar-refractivity contribution >= 4 is 29.0 Å². The van der Waals surface area contributed by atoms with Crippen molar-refractivity contribution in [2.45, 2.75) is 19.4 Å². The Hall–Kier alpha value is -2.81. The van der Waals surface area contributed by atoms with Crippen LogP contribution < -0.4 is 10.2 Å². The van der Waals surface area contributed by atoms with E-state index in [9.17, 15) is 13.6 Å². The highest BCUT2D eigenvalue weighted by Crippen LogP contribution is 2.28. The van der Waals surface area contributed by atoms with E-state index in [4.69, 9.17) is 11.6 Å². The van der Waals surface area contributed by atoms with Gasteiger partial charge < -0.3 is 10.2 Å². The van der Waals surface area contributed by atoms with Crippen molar-refractivity contribution in [1.82, 2.24) is 24.7 Å². The molecule has 1 N–H and O–H groups in total. The van der Waals surface area contributed by atoms with E-state index in [-0.39, 0.29) is 28.6 Å². The van der Waals surface area contributed by atoms with E-state index in [1.54, 1.807) is 27.8 Å². The maximum atomic E-state index is 13.9. The lowest BCUT2D eigenvalue weighted by Crippen LogP contribution is -2.57. The summed E-state index contributed by atoms with van der Waals surface area (Å²) in [6, 6.07) is 2.91. The number of rotatable bonds is 4. The molecule has 4 rings (SSSR count). The number of nitrogens with zero attached hydrogens (tertiary/aromatic N) is 5. The van der Waals surface area contributed by atoms with Gasteiger partial charge in [0.05, 0.1) is 29.5 Å². The monoisotopic (exact) mass is 406 g/mol. The number of fused-ring (bicyclic) bond motifs is 1. The number of aromatic nitrogens is 4. The Morgan fingerprint density at radius 1 is 1.25 bits per heavy atom. The molecule has 1 aliphatic heterocycles. The van der Waals surface area contributed by atoms with E-state index in [1.807, 2.05) is 13.8 Å². The molecular formula is C18H17ClF2N6O. The minimum Gasteiger partial charge on any atom is -0.352 e. The Balaban J connectivity index is 1.46. The number of carbonyl (C=O) groups is 1. The molecule has 0 unspecified atom stereocenters. The van der Waals surface area contributed by atoms with Crippen LogP contribution in [0.2, 0.25) is 5.28 Å². The molecule has 10 heteroatoms. The summed E-state index contributed by atoms with van der Waals surface area (Å²) >= 11 is 5.71. The molecule has 1 aliphatic rings. The van der Waals surface area contributed by atoms with Crippen molar-refractivity contribution in [3.63, 3.8) is 0 Å². The van der Waals surface area contributed by atoms with Gasteiger partial charge in [-0.3, -0.25) is 9.20 Å². The van der Waals surface area contributed by atoms with Crippen LogP contribution in [0.5, 0.6) is 0 Å². The largest absolute Gasteiger partial charge is 0.352 e. The highest BCUT2D eigenvalue weighted by Gasteiger charge is 2.38. The van der Waals surface area contributed by atoms with Crippen LogP contribution in [0, 0.1) is 17.6 Å². The van der Waals surface area contributed by atoms with E-state index in [0.717, 1.165) is 6.20 Å². The fourth-order valence-corrected chi connectivity index (χ4v) is 3.42. The fourth-order valence-electron chi connectivity index (χ4n) is 3.29. The van der Waals surface area contributed by atoms with Gasteiger partial charge in [-0.05, 0) is 37.6 Å². The van der Waals surface area contributed by atoms with Gasteiger partial charge in [0.2, 0.25) is 11.2 Å². The highest BCUT2D eigenvalue weighted by atomic mass is 35.5. The number of pyridine rings is 1. The number of imidazole rings is 1. The summed E-state index contributed by atoms with van der Waals surface area (Å²) in [4.78, 5) is 25.9. The van der Waals surface area contributed by atoms with Gasteiger partial charge in [0.25, 0.3) is 0 Å². The van der Waals surface area contributed by atoms with Crippen LogP contribution in [-0.4, -0.2) is 38.3 Å². The lowest BCUT2D eigenvalue weighted by Gasteiger charge is -2.40. The SMILES string of the molecule is CC(C)(NC(=O)C1CN(c2nc(Cl)ncc2F)C1)c1cnc2c(F)cccn12. The van der Waals surface area contributed by atoms with Crippen LogP contribution in [-0.2, 0) is 10.3 Å². The van der Waals surface area contributed by atoms with Crippen molar-refractivity contribution in [1.29, 1.82) is 0 Å². The molecule has 28 heavy (non-hydrogen) atoms. The second-order valence-electron chi connectivity index (χ2n) is 7.22. The normalized spacial score (nSPS) is 15.0. The van der Waals surface area contributed by atoms with Gasteiger partial charge in [-0.15, -0.1) is 0 Å². The molecule has 0 saturated carbocycles. The average Bonchev–Trinajstić information content (AvgIpc) is 3.02. The molecule has 4 heterocycles. The van der Waals surface area contributed by atoms with E-state index >= 15 is 0 Å². The van der Waals surface area contributed by atoms with Crippen LogP contribution in [0.15, 0.2) is 30.7 Å². The maximum absolute atomic E-state index is 13.9. The summed E-state index contributed by atoms with van der Waals surface area (Å²) < 4.78 is 29.3. The molecule has 3 aromatic heterocycles. The number of hydrogen-bond acceptors (Lipinski definition) is 5. The van der Waals surface area contributed by atoms with Gasteiger partial charge in [0.1, 0.15) is 0 Å². The summed E-state index contributed by atoms with van der Waals surface area (Å²) in [5.74, 6) is -1.45. The number of halogens is 3. The highest BCUT2D eigenvalue weighted by molar-refractivity contribution is 6.28. The molecular weight excluding hydrogens is 390 g/mol. The Bertz CT molecular complexity index is 1060. The van der Waals surface area contributed by atoms with Crippen LogP contribution in [0.4, 0.5) is 14.6 Å². The van der Waals surface area contributed by atoms with Gasteiger partial charge in [-0.2, -0.15) is 4.98 Å². The first kappa shape index (κ1) is 18.5. The Labute approximate surface area is 164 Å². The molecule has 1 fully saturated rings. The minimum atomic E-state index is -0.784. The molecule has 1 saturated heterocycles. The van der Waals surface area contributed by atoms with Gasteiger partial charge in [0.15, 0.2) is 23.1 Å². The predicted octanol–water partition coefficient (Wildman–Crippen LogP) is 2.54. The molecule has 0 bridgehead atoms. The topological polar surface area (TPSA) is 75.4 Å². The van der Waals surface area contributed by atoms with Crippen LogP contribution in [0.25, 0.3) is 5.65 Å². The quantitative estimate of drug-likeness (QED) is 0.674. The Morgan fingerprint density at radius 2 is 2.00 bits per heavy atom. The summed E-state index contributed by atoms with van der Waals surface area (Å²) in [6.07, 6.45) is 4.25. The lowest BCUT2D eigenvalue weighted by molar-refractivity contribution is -0.127. The molecule has 7 nitrogen and oxygen atoms in total. The molecule has 0 aliphatic carbocycles. The first-order valence-corrected chi connectivity index (χ1v) is 9.01. The minimum absolute atomic E-state index is 0.0507. The maximum Gasteiger partial charge on any atom is 0.227 e. The van der Waals surface area contributed by atoms with Gasteiger partial charge in [-0.25, -0.2) is 18.7 Å². The third-order valence-corrected chi connectivity index (χ3v) is 4.99. The predicted molar refractivity (Wildman–Crippen MR) is 99.0 cm³/mol. The second kappa shape index (κ2) is 6.66. The van der Waals surface area contributed by atoms with Crippen LogP contribution >= 0.6 is 11.6 Å². The Kier molecular flexibility index (Phi) is 4.41. The average molecular weight is 407 g/mol. The fraction of sp³-hybridized carbons (Fsp3) is 0.333. The number of hydrogen-bond donors (Lipinski definition) is 1. The Morgan fingerprint density at radius 3 is 2.75 bits per heavy atom. The summed E-state index contributed by atoms with van der Waals surface area (Å²) in [6.45, 7) is 4.26. The van der Waals surface area contributed by atoms with Crippen molar-refractivity contribution in [2.24, 2.45) is 5.92 Å². The van der Waals surface area contributed by atoms with Crippen LogP contribution in [0.1, 0.15) is 19.5 Å². The van der Waals surface area contributed by atoms with Gasteiger partial charge in [-0.1, -0.05) is 0 Å². The summed E-state index contributed by atoms with van der Waals surface area (Å²) in [7, 11) is 0. The first-order valence-electron chi connectivity index (χ1n) is 8.63. The van der Waals surface area contributed by atoms with Crippen LogP contribution in [0.3, 0.4) is 0 Å². The van der Waals surface area contributed by atoms with Crippen molar-refractivity contribution in [3.05, 3.63) is 53.3 Å². The second-order valence-corrected chi connectivity index (χ2v) is 7.56. The van der Waals surface area contributed by atoms with Gasteiger partial charge in [0, 0.05) is 19.3 Å².